The summed E-state index contributed by atoms with van der Waals surface area (Å²) in [5.74, 6) is 0.677. The molecule has 2 heteroatoms. The van der Waals surface area contributed by atoms with Crippen LogP contribution in [0.25, 0.3) is 0 Å². The van der Waals surface area contributed by atoms with Gasteiger partial charge in [0.2, 0.25) is 0 Å². The van der Waals surface area contributed by atoms with Gasteiger partial charge in [0, 0.05) is 0 Å². The summed E-state index contributed by atoms with van der Waals surface area (Å²) in [5.41, 5.74) is -0.769. The second-order valence-corrected chi connectivity index (χ2v) is 5.55. The van der Waals surface area contributed by atoms with Crippen LogP contribution in [-0.4, -0.2) is 10.7 Å². The van der Waals surface area contributed by atoms with E-state index in [1.165, 1.54) is 6.42 Å². The molecule has 14 heavy (non-hydrogen) atoms. The first-order valence-electron chi connectivity index (χ1n) is 5.51. The van der Waals surface area contributed by atoms with Crippen molar-refractivity contribution in [2.45, 2.75) is 58.5 Å². The fraction of sp³-hybridized carbons (Fsp3) is 0.917. The lowest BCUT2D eigenvalue weighted by molar-refractivity contribution is 0.0586. The monoisotopic (exact) mass is 195 g/mol. The number of hydrogen-bond acceptors (Lipinski definition) is 2. The number of nitriles is 1. The molecule has 1 saturated carbocycles. The van der Waals surface area contributed by atoms with Crippen LogP contribution in [0.4, 0.5) is 0 Å². The highest BCUT2D eigenvalue weighted by molar-refractivity contribution is 5.03. The van der Waals surface area contributed by atoms with Gasteiger partial charge in [-0.25, -0.2) is 0 Å². The highest BCUT2D eigenvalue weighted by Crippen LogP contribution is 2.45. The summed E-state index contributed by atoms with van der Waals surface area (Å²) < 4.78 is 0. The lowest BCUT2D eigenvalue weighted by Crippen LogP contribution is -2.24. The zero-order chi connectivity index (χ0) is 10.8. The van der Waals surface area contributed by atoms with Gasteiger partial charge < -0.3 is 5.11 Å². The van der Waals surface area contributed by atoms with E-state index in [1.54, 1.807) is 0 Å². The van der Waals surface area contributed by atoms with Crippen LogP contribution in [0.3, 0.4) is 0 Å². The number of rotatable bonds is 3. The molecule has 1 N–H and O–H groups in total. The predicted octanol–water partition coefficient (Wildman–Crippen LogP) is 2.87. The quantitative estimate of drug-likeness (QED) is 0.752. The van der Waals surface area contributed by atoms with Crippen LogP contribution in [-0.2, 0) is 0 Å². The SMILES string of the molecule is CC1CCC(C#N)(CCC(C)(C)O)C1. The average molecular weight is 195 g/mol. The normalized spacial score (nSPS) is 32.9. The molecule has 1 aliphatic rings. The molecule has 2 atom stereocenters. The van der Waals surface area contributed by atoms with Crippen molar-refractivity contribution in [3.63, 3.8) is 0 Å². The molecule has 0 spiro atoms. The van der Waals surface area contributed by atoms with E-state index in [2.05, 4.69) is 13.0 Å². The zero-order valence-electron chi connectivity index (χ0n) is 9.51. The first-order chi connectivity index (χ1) is 6.37. The van der Waals surface area contributed by atoms with Gasteiger partial charge in [0.05, 0.1) is 17.1 Å². The molecule has 1 rings (SSSR count). The highest BCUT2D eigenvalue weighted by Gasteiger charge is 2.38. The Bertz CT molecular complexity index is 236. The van der Waals surface area contributed by atoms with Gasteiger partial charge in [0.25, 0.3) is 0 Å². The molecule has 0 aromatic carbocycles. The van der Waals surface area contributed by atoms with Gasteiger partial charge in [0.15, 0.2) is 0 Å². The second-order valence-electron chi connectivity index (χ2n) is 5.55. The summed E-state index contributed by atoms with van der Waals surface area (Å²) in [6.07, 6.45) is 4.77. The van der Waals surface area contributed by atoms with Crippen molar-refractivity contribution < 1.29 is 5.11 Å². The largest absolute Gasteiger partial charge is 0.390 e. The fourth-order valence-electron chi connectivity index (χ4n) is 2.32. The Hall–Kier alpha value is -0.550. The molecule has 0 aromatic rings. The van der Waals surface area contributed by atoms with Gasteiger partial charge in [-0.3, -0.25) is 0 Å². The minimum absolute atomic E-state index is 0.139. The fourth-order valence-corrected chi connectivity index (χ4v) is 2.32. The van der Waals surface area contributed by atoms with E-state index in [4.69, 9.17) is 0 Å². The Balaban J connectivity index is 2.52. The molecule has 0 heterocycles. The van der Waals surface area contributed by atoms with Gasteiger partial charge in [-0.1, -0.05) is 6.92 Å². The van der Waals surface area contributed by atoms with E-state index in [0.717, 1.165) is 25.7 Å². The maximum Gasteiger partial charge on any atom is 0.0689 e. The topological polar surface area (TPSA) is 44.0 Å². The Kier molecular flexibility index (Phi) is 3.21. The van der Waals surface area contributed by atoms with Crippen LogP contribution in [0.5, 0.6) is 0 Å². The van der Waals surface area contributed by atoms with E-state index in [1.807, 2.05) is 13.8 Å². The first-order valence-corrected chi connectivity index (χ1v) is 5.51. The van der Waals surface area contributed by atoms with Crippen molar-refractivity contribution in [3.05, 3.63) is 0 Å². The summed E-state index contributed by atoms with van der Waals surface area (Å²) in [6, 6.07) is 2.47. The van der Waals surface area contributed by atoms with Crippen molar-refractivity contribution in [2.75, 3.05) is 0 Å². The van der Waals surface area contributed by atoms with Crippen LogP contribution in [0.1, 0.15) is 52.9 Å². The molecular formula is C12H21NO. The lowest BCUT2D eigenvalue weighted by Gasteiger charge is -2.25. The summed E-state index contributed by atoms with van der Waals surface area (Å²) in [5, 5.41) is 18.8. The lowest BCUT2D eigenvalue weighted by atomic mass is 9.80. The van der Waals surface area contributed by atoms with Crippen molar-refractivity contribution in [3.8, 4) is 6.07 Å². The van der Waals surface area contributed by atoms with Crippen LogP contribution >= 0.6 is 0 Å². The summed E-state index contributed by atoms with van der Waals surface area (Å²) in [7, 11) is 0. The number of aliphatic hydroxyl groups is 1. The Morgan fingerprint density at radius 3 is 2.57 bits per heavy atom. The van der Waals surface area contributed by atoms with Gasteiger partial charge in [0.1, 0.15) is 0 Å². The van der Waals surface area contributed by atoms with E-state index >= 15 is 0 Å². The summed E-state index contributed by atoms with van der Waals surface area (Å²) >= 11 is 0. The molecule has 0 aromatic heterocycles. The predicted molar refractivity (Wildman–Crippen MR) is 56.6 cm³/mol. The zero-order valence-corrected chi connectivity index (χ0v) is 9.51. The smallest absolute Gasteiger partial charge is 0.0689 e. The first kappa shape index (κ1) is 11.5. The molecule has 1 fully saturated rings. The van der Waals surface area contributed by atoms with E-state index in [-0.39, 0.29) is 5.41 Å². The van der Waals surface area contributed by atoms with Crippen LogP contribution in [0.2, 0.25) is 0 Å². The highest BCUT2D eigenvalue weighted by atomic mass is 16.3. The minimum Gasteiger partial charge on any atom is -0.390 e. The minimum atomic E-state index is -0.629. The van der Waals surface area contributed by atoms with Gasteiger partial charge in [-0.15, -0.1) is 0 Å². The summed E-state index contributed by atoms with van der Waals surface area (Å²) in [4.78, 5) is 0. The second kappa shape index (κ2) is 3.90. The maximum absolute atomic E-state index is 9.64. The van der Waals surface area contributed by atoms with E-state index in [0.29, 0.717) is 5.92 Å². The number of nitrogens with zero attached hydrogens (tertiary/aromatic N) is 1. The van der Waals surface area contributed by atoms with Crippen molar-refractivity contribution in [2.24, 2.45) is 11.3 Å². The molecule has 1 aliphatic carbocycles. The van der Waals surface area contributed by atoms with Gasteiger partial charge in [-0.2, -0.15) is 5.26 Å². The Morgan fingerprint density at radius 2 is 2.21 bits per heavy atom. The third-order valence-corrected chi connectivity index (χ3v) is 3.31. The van der Waals surface area contributed by atoms with Crippen molar-refractivity contribution in [1.82, 2.24) is 0 Å². The Labute approximate surface area is 86.9 Å². The average Bonchev–Trinajstić information content (AvgIpc) is 2.44. The van der Waals surface area contributed by atoms with E-state index < -0.39 is 5.60 Å². The molecule has 80 valence electrons. The van der Waals surface area contributed by atoms with Gasteiger partial charge >= 0.3 is 0 Å². The molecular weight excluding hydrogens is 174 g/mol. The van der Waals surface area contributed by atoms with E-state index in [9.17, 15) is 10.4 Å². The maximum atomic E-state index is 9.64. The van der Waals surface area contributed by atoms with Crippen molar-refractivity contribution in [1.29, 1.82) is 5.26 Å². The van der Waals surface area contributed by atoms with Gasteiger partial charge in [-0.05, 0) is 51.9 Å². The molecule has 0 radical (unpaired) electrons. The molecule has 0 amide bonds. The van der Waals surface area contributed by atoms with Crippen LogP contribution in [0, 0.1) is 22.7 Å². The molecule has 0 bridgehead atoms. The standard InChI is InChI=1S/C12H21NO/c1-10-4-5-12(8-10,9-13)7-6-11(2,3)14/h10,14H,4-8H2,1-3H3. The molecule has 0 aliphatic heterocycles. The molecule has 0 saturated heterocycles. The molecule has 2 unspecified atom stereocenters. The Morgan fingerprint density at radius 1 is 1.57 bits per heavy atom. The molecule has 2 nitrogen and oxygen atoms in total. The summed E-state index contributed by atoms with van der Waals surface area (Å²) in [6.45, 7) is 5.84. The van der Waals surface area contributed by atoms with Crippen LogP contribution < -0.4 is 0 Å². The van der Waals surface area contributed by atoms with Crippen molar-refractivity contribution >= 4 is 0 Å². The third-order valence-electron chi connectivity index (χ3n) is 3.31. The number of hydrogen-bond donors (Lipinski definition) is 1. The third kappa shape index (κ3) is 2.99. The van der Waals surface area contributed by atoms with Crippen LogP contribution in [0.15, 0.2) is 0 Å².